The molecule has 1 aliphatic carbocycles. The maximum atomic E-state index is 13.2. The highest BCUT2D eigenvalue weighted by Crippen LogP contribution is 2.41. The minimum absolute atomic E-state index is 0.0266. The van der Waals surface area contributed by atoms with Gasteiger partial charge in [-0.15, -0.1) is 0 Å². The first-order valence-electron chi connectivity index (χ1n) is 8.49. The van der Waals surface area contributed by atoms with Gasteiger partial charge in [-0.25, -0.2) is 0 Å². The van der Waals surface area contributed by atoms with E-state index in [9.17, 15) is 9.59 Å². The van der Waals surface area contributed by atoms with Gasteiger partial charge in [0.25, 0.3) is 0 Å². The van der Waals surface area contributed by atoms with Gasteiger partial charge in [-0.3, -0.25) is 9.59 Å². The van der Waals surface area contributed by atoms with Crippen LogP contribution in [0.15, 0.2) is 48.5 Å². The van der Waals surface area contributed by atoms with Gasteiger partial charge in [0.05, 0.1) is 5.41 Å². The van der Waals surface area contributed by atoms with Crippen molar-refractivity contribution in [3.05, 3.63) is 64.7 Å². The van der Waals surface area contributed by atoms with Gasteiger partial charge >= 0.3 is 0 Å². The Balaban J connectivity index is 1.88. The van der Waals surface area contributed by atoms with Crippen molar-refractivity contribution in [1.29, 1.82) is 0 Å². The average Bonchev–Trinajstić information content (AvgIpc) is 2.62. The molecule has 0 saturated heterocycles. The molecule has 2 aromatic rings. The van der Waals surface area contributed by atoms with Crippen molar-refractivity contribution in [2.24, 2.45) is 5.73 Å². The fraction of sp³-hybridized carbons (Fsp3) is 0.300. The summed E-state index contributed by atoms with van der Waals surface area (Å²) in [7, 11) is 0. The monoisotopic (exact) mass is 356 g/mol. The number of nitrogens with one attached hydrogen (secondary N) is 1. The van der Waals surface area contributed by atoms with Crippen molar-refractivity contribution in [2.75, 3.05) is 5.32 Å². The Morgan fingerprint density at radius 2 is 1.68 bits per heavy atom. The molecule has 0 heterocycles. The van der Waals surface area contributed by atoms with Crippen LogP contribution < -0.4 is 11.1 Å². The fourth-order valence-electron chi connectivity index (χ4n) is 3.56. The molecule has 25 heavy (non-hydrogen) atoms. The number of primary amides is 1. The molecular weight excluding hydrogens is 336 g/mol. The average molecular weight is 357 g/mol. The van der Waals surface area contributed by atoms with E-state index in [0.717, 1.165) is 37.7 Å². The quantitative estimate of drug-likeness (QED) is 0.858. The molecule has 5 heteroatoms. The second kappa shape index (κ2) is 7.28. The van der Waals surface area contributed by atoms with Crippen LogP contribution in [0, 0.1) is 0 Å². The van der Waals surface area contributed by atoms with Crippen molar-refractivity contribution in [3.63, 3.8) is 0 Å². The van der Waals surface area contributed by atoms with Gasteiger partial charge in [-0.2, -0.15) is 0 Å². The second-order valence-corrected chi connectivity index (χ2v) is 6.99. The van der Waals surface area contributed by atoms with E-state index in [4.69, 9.17) is 17.3 Å². The first-order valence-corrected chi connectivity index (χ1v) is 8.86. The number of rotatable bonds is 4. The number of hydrogen-bond acceptors (Lipinski definition) is 2. The zero-order valence-electron chi connectivity index (χ0n) is 13.9. The molecule has 0 spiro atoms. The Hall–Kier alpha value is -2.33. The molecule has 1 aliphatic rings. The maximum Gasteiger partial charge on any atom is 0.248 e. The molecule has 0 radical (unpaired) electrons. The summed E-state index contributed by atoms with van der Waals surface area (Å²) in [6, 6.07) is 14.2. The molecule has 1 fully saturated rings. The van der Waals surface area contributed by atoms with E-state index >= 15 is 0 Å². The van der Waals surface area contributed by atoms with Gasteiger partial charge in [-0.1, -0.05) is 43.0 Å². The van der Waals surface area contributed by atoms with Gasteiger partial charge in [0.2, 0.25) is 11.8 Å². The van der Waals surface area contributed by atoms with Crippen LogP contribution in [0.25, 0.3) is 0 Å². The van der Waals surface area contributed by atoms with Crippen LogP contribution in [0.5, 0.6) is 0 Å². The summed E-state index contributed by atoms with van der Waals surface area (Å²) in [5.41, 5.74) is 6.73. The van der Waals surface area contributed by atoms with Crippen LogP contribution in [-0.4, -0.2) is 11.8 Å². The van der Waals surface area contributed by atoms with E-state index in [2.05, 4.69) is 5.32 Å². The minimum Gasteiger partial charge on any atom is -0.366 e. The molecular formula is C20H21ClN2O2. The van der Waals surface area contributed by atoms with Crippen LogP contribution in [0.2, 0.25) is 5.02 Å². The third-order valence-corrected chi connectivity index (χ3v) is 5.18. The van der Waals surface area contributed by atoms with Crippen LogP contribution in [0.4, 0.5) is 5.69 Å². The highest BCUT2D eigenvalue weighted by Gasteiger charge is 2.41. The smallest absolute Gasteiger partial charge is 0.248 e. The van der Waals surface area contributed by atoms with Gasteiger partial charge in [0.1, 0.15) is 0 Å². The van der Waals surface area contributed by atoms with E-state index in [1.807, 2.05) is 24.3 Å². The number of halogens is 1. The summed E-state index contributed by atoms with van der Waals surface area (Å²) in [5.74, 6) is -0.512. The van der Waals surface area contributed by atoms with E-state index in [-0.39, 0.29) is 5.91 Å². The van der Waals surface area contributed by atoms with Crippen molar-refractivity contribution < 1.29 is 9.59 Å². The number of nitrogens with two attached hydrogens (primary N) is 1. The summed E-state index contributed by atoms with van der Waals surface area (Å²) in [4.78, 5) is 24.3. The zero-order chi connectivity index (χ0) is 17.9. The number of carbonyl (C=O) groups is 2. The van der Waals surface area contributed by atoms with E-state index in [0.29, 0.717) is 16.3 Å². The lowest BCUT2D eigenvalue weighted by Gasteiger charge is -2.36. The molecule has 2 amide bonds. The Morgan fingerprint density at radius 3 is 2.28 bits per heavy atom. The normalized spacial score (nSPS) is 16.2. The molecule has 0 atom stereocenters. The van der Waals surface area contributed by atoms with Gasteiger partial charge in [-0.05, 0) is 54.8 Å². The molecule has 2 aromatic carbocycles. The lowest BCUT2D eigenvalue weighted by molar-refractivity contribution is -0.122. The van der Waals surface area contributed by atoms with Crippen molar-refractivity contribution in [1.82, 2.24) is 0 Å². The van der Waals surface area contributed by atoms with Crippen LogP contribution in [-0.2, 0) is 10.2 Å². The summed E-state index contributed by atoms with van der Waals surface area (Å²) in [5, 5.41) is 3.64. The maximum absolute atomic E-state index is 13.2. The van der Waals surface area contributed by atoms with Crippen LogP contribution >= 0.6 is 11.6 Å². The summed E-state index contributed by atoms with van der Waals surface area (Å²) in [6.07, 6.45) is 4.78. The topological polar surface area (TPSA) is 72.2 Å². The third-order valence-electron chi connectivity index (χ3n) is 4.95. The van der Waals surface area contributed by atoms with Crippen LogP contribution in [0.3, 0.4) is 0 Å². The molecule has 3 N–H and O–H groups in total. The second-order valence-electron chi connectivity index (χ2n) is 6.55. The fourth-order valence-corrected chi connectivity index (χ4v) is 3.75. The number of anilines is 1. The van der Waals surface area contributed by atoms with E-state index in [1.54, 1.807) is 24.3 Å². The van der Waals surface area contributed by atoms with Crippen molar-refractivity contribution >= 4 is 29.1 Å². The summed E-state index contributed by atoms with van der Waals surface area (Å²) in [6.45, 7) is 0. The standard InChI is InChI=1S/C20H21ClN2O2/c21-16-6-4-5-15(13-16)20(11-2-1-3-12-20)19(25)23-17-9-7-14(8-10-17)18(22)24/h4-10,13H,1-3,11-12H2,(H2,22,24)(H,23,25). The molecule has 4 nitrogen and oxygen atoms in total. The number of hydrogen-bond donors (Lipinski definition) is 2. The molecule has 3 rings (SSSR count). The Morgan fingerprint density at radius 1 is 1.00 bits per heavy atom. The minimum atomic E-state index is -0.564. The number of amides is 2. The highest BCUT2D eigenvalue weighted by molar-refractivity contribution is 6.30. The SMILES string of the molecule is NC(=O)c1ccc(NC(=O)C2(c3cccc(Cl)c3)CCCCC2)cc1. The Kier molecular flexibility index (Phi) is 5.09. The van der Waals surface area contributed by atoms with Crippen molar-refractivity contribution in [2.45, 2.75) is 37.5 Å². The highest BCUT2D eigenvalue weighted by atomic mass is 35.5. The van der Waals surface area contributed by atoms with Gasteiger partial charge in [0.15, 0.2) is 0 Å². The van der Waals surface area contributed by atoms with E-state index < -0.39 is 11.3 Å². The molecule has 0 aromatic heterocycles. The lowest BCUT2D eigenvalue weighted by atomic mass is 9.68. The molecule has 0 unspecified atom stereocenters. The first kappa shape index (κ1) is 17.5. The van der Waals surface area contributed by atoms with Crippen LogP contribution in [0.1, 0.15) is 48.0 Å². The largest absolute Gasteiger partial charge is 0.366 e. The zero-order valence-corrected chi connectivity index (χ0v) is 14.7. The predicted molar refractivity (Wildman–Crippen MR) is 99.8 cm³/mol. The summed E-state index contributed by atoms with van der Waals surface area (Å²) < 4.78 is 0. The van der Waals surface area contributed by atoms with Gasteiger partial charge in [0, 0.05) is 16.3 Å². The lowest BCUT2D eigenvalue weighted by Crippen LogP contribution is -2.42. The number of carbonyl (C=O) groups excluding carboxylic acids is 2. The first-order chi connectivity index (χ1) is 12.0. The molecule has 130 valence electrons. The molecule has 0 aliphatic heterocycles. The third kappa shape index (κ3) is 3.69. The molecule has 1 saturated carbocycles. The molecule has 0 bridgehead atoms. The van der Waals surface area contributed by atoms with Gasteiger partial charge < -0.3 is 11.1 Å². The summed E-state index contributed by atoms with van der Waals surface area (Å²) >= 11 is 6.16. The predicted octanol–water partition coefficient (Wildman–Crippen LogP) is 4.28. The van der Waals surface area contributed by atoms with E-state index in [1.165, 1.54) is 0 Å². The van der Waals surface area contributed by atoms with Crippen molar-refractivity contribution in [3.8, 4) is 0 Å². The Bertz CT molecular complexity index is 781. The number of benzene rings is 2. The Labute approximate surface area is 152 Å².